The average Bonchev–Trinajstić information content (AvgIpc) is 2.21. The first kappa shape index (κ1) is 12.2. The minimum Gasteiger partial charge on any atom is -0.394 e. The van der Waals surface area contributed by atoms with Gasteiger partial charge >= 0.3 is 0 Å². The number of hydrogen-bond acceptors (Lipinski definition) is 2. The van der Waals surface area contributed by atoms with E-state index in [4.69, 9.17) is 0 Å². The smallest absolute Gasteiger partial charge is 0.0626 e. The van der Waals surface area contributed by atoms with E-state index in [-0.39, 0.29) is 12.6 Å². The summed E-state index contributed by atoms with van der Waals surface area (Å²) in [6.45, 7) is 7.47. The van der Waals surface area contributed by atoms with E-state index in [9.17, 15) is 5.11 Å². The normalized spacial score (nSPS) is 13.1. The molecule has 0 saturated heterocycles. The Labute approximate surface area is 92.3 Å². The van der Waals surface area contributed by atoms with Crippen LogP contribution in [0, 0.1) is 12.8 Å². The molecule has 0 bridgehead atoms. The summed E-state index contributed by atoms with van der Waals surface area (Å²) in [6.07, 6.45) is 0. The Hall–Kier alpha value is -0.860. The summed E-state index contributed by atoms with van der Waals surface area (Å²) in [5, 5.41) is 12.7. The van der Waals surface area contributed by atoms with E-state index in [2.05, 4.69) is 50.4 Å². The lowest BCUT2D eigenvalue weighted by Crippen LogP contribution is -2.27. The third-order valence-electron chi connectivity index (χ3n) is 2.43. The molecule has 2 heteroatoms. The number of benzene rings is 1. The minimum atomic E-state index is 0.0630. The maximum Gasteiger partial charge on any atom is 0.0626 e. The maximum absolute atomic E-state index is 9.30. The van der Waals surface area contributed by atoms with E-state index in [1.807, 2.05) is 0 Å². The second-order valence-corrected chi connectivity index (χ2v) is 4.45. The van der Waals surface area contributed by atoms with E-state index in [1.165, 1.54) is 5.56 Å². The predicted molar refractivity (Wildman–Crippen MR) is 63.8 cm³/mol. The van der Waals surface area contributed by atoms with Crippen molar-refractivity contribution in [3.63, 3.8) is 0 Å². The third-order valence-corrected chi connectivity index (χ3v) is 2.43. The van der Waals surface area contributed by atoms with Crippen LogP contribution in [0.3, 0.4) is 0 Å². The molecule has 0 heterocycles. The Balaban J connectivity index is 2.61. The lowest BCUT2D eigenvalue weighted by Gasteiger charge is -2.18. The zero-order valence-electron chi connectivity index (χ0n) is 9.83. The monoisotopic (exact) mass is 207 g/mol. The predicted octanol–water partition coefficient (Wildman–Crippen LogP) is 2.27. The summed E-state index contributed by atoms with van der Waals surface area (Å²) < 4.78 is 0. The van der Waals surface area contributed by atoms with Crippen LogP contribution in [0.1, 0.15) is 31.0 Å². The molecule has 84 valence electrons. The molecule has 0 saturated carbocycles. The first-order chi connectivity index (χ1) is 7.13. The topological polar surface area (TPSA) is 32.3 Å². The van der Waals surface area contributed by atoms with Gasteiger partial charge in [0.1, 0.15) is 0 Å². The highest BCUT2D eigenvalue weighted by Gasteiger charge is 2.09. The van der Waals surface area contributed by atoms with Gasteiger partial charge in [0.25, 0.3) is 0 Å². The van der Waals surface area contributed by atoms with Crippen LogP contribution >= 0.6 is 0 Å². The Kier molecular flexibility index (Phi) is 4.79. The molecule has 1 aromatic rings. The van der Waals surface area contributed by atoms with Crippen molar-refractivity contribution in [1.29, 1.82) is 0 Å². The van der Waals surface area contributed by atoms with Crippen molar-refractivity contribution < 1.29 is 5.11 Å². The van der Waals surface area contributed by atoms with Gasteiger partial charge in [0.05, 0.1) is 12.6 Å². The molecule has 0 aromatic heterocycles. The zero-order valence-corrected chi connectivity index (χ0v) is 9.83. The van der Waals surface area contributed by atoms with E-state index >= 15 is 0 Å². The van der Waals surface area contributed by atoms with Crippen LogP contribution in [0.25, 0.3) is 0 Å². The van der Waals surface area contributed by atoms with Crippen LogP contribution in [0.5, 0.6) is 0 Å². The molecule has 1 aromatic carbocycles. The minimum absolute atomic E-state index is 0.0630. The lowest BCUT2D eigenvalue weighted by molar-refractivity contribution is 0.241. The van der Waals surface area contributed by atoms with Crippen molar-refractivity contribution in [2.45, 2.75) is 26.8 Å². The fourth-order valence-electron chi connectivity index (χ4n) is 1.46. The Morgan fingerprint density at radius 3 is 2.27 bits per heavy atom. The molecule has 0 aliphatic carbocycles. The summed E-state index contributed by atoms with van der Waals surface area (Å²) in [5.74, 6) is 0.601. The van der Waals surface area contributed by atoms with Gasteiger partial charge in [0, 0.05) is 0 Å². The van der Waals surface area contributed by atoms with Crippen LogP contribution in [0.4, 0.5) is 0 Å². The number of hydrogen-bond donors (Lipinski definition) is 2. The molecule has 0 radical (unpaired) electrons. The average molecular weight is 207 g/mol. The molecule has 1 atom stereocenters. The SMILES string of the molecule is Cc1ccc(C(CO)NCC(C)C)cc1. The Morgan fingerprint density at radius 1 is 1.20 bits per heavy atom. The quantitative estimate of drug-likeness (QED) is 0.776. The highest BCUT2D eigenvalue weighted by atomic mass is 16.3. The molecule has 2 nitrogen and oxygen atoms in total. The zero-order chi connectivity index (χ0) is 11.3. The van der Waals surface area contributed by atoms with Crippen molar-refractivity contribution >= 4 is 0 Å². The molecule has 0 aliphatic heterocycles. The largest absolute Gasteiger partial charge is 0.394 e. The fourth-order valence-corrected chi connectivity index (χ4v) is 1.46. The van der Waals surface area contributed by atoms with Crippen molar-refractivity contribution in [3.05, 3.63) is 35.4 Å². The van der Waals surface area contributed by atoms with Gasteiger partial charge in [-0.3, -0.25) is 0 Å². The first-order valence-corrected chi connectivity index (χ1v) is 5.54. The highest BCUT2D eigenvalue weighted by molar-refractivity contribution is 5.24. The van der Waals surface area contributed by atoms with Gasteiger partial charge in [0.15, 0.2) is 0 Å². The van der Waals surface area contributed by atoms with Crippen LogP contribution < -0.4 is 5.32 Å². The van der Waals surface area contributed by atoms with E-state index in [0.29, 0.717) is 5.92 Å². The maximum atomic E-state index is 9.30. The van der Waals surface area contributed by atoms with Crippen molar-refractivity contribution in [3.8, 4) is 0 Å². The molecule has 0 fully saturated rings. The molecular weight excluding hydrogens is 186 g/mol. The molecule has 15 heavy (non-hydrogen) atoms. The van der Waals surface area contributed by atoms with Crippen molar-refractivity contribution in [2.24, 2.45) is 5.92 Å². The van der Waals surface area contributed by atoms with Gasteiger partial charge in [-0.05, 0) is 24.9 Å². The fraction of sp³-hybridized carbons (Fsp3) is 0.538. The third kappa shape index (κ3) is 4.02. The van der Waals surface area contributed by atoms with Crippen molar-refractivity contribution in [1.82, 2.24) is 5.32 Å². The summed E-state index contributed by atoms with van der Waals surface area (Å²) in [7, 11) is 0. The van der Waals surface area contributed by atoms with Gasteiger partial charge in [-0.15, -0.1) is 0 Å². The highest BCUT2D eigenvalue weighted by Crippen LogP contribution is 2.13. The van der Waals surface area contributed by atoms with Crippen LogP contribution in [0.15, 0.2) is 24.3 Å². The van der Waals surface area contributed by atoms with Crippen LogP contribution in [0.2, 0.25) is 0 Å². The number of aliphatic hydroxyl groups is 1. The van der Waals surface area contributed by atoms with Crippen molar-refractivity contribution in [2.75, 3.05) is 13.2 Å². The second-order valence-electron chi connectivity index (χ2n) is 4.45. The standard InChI is InChI=1S/C13H21NO/c1-10(2)8-14-13(9-15)12-6-4-11(3)5-7-12/h4-7,10,13-15H,8-9H2,1-3H3. The number of nitrogens with one attached hydrogen (secondary N) is 1. The van der Waals surface area contributed by atoms with Gasteiger partial charge in [-0.25, -0.2) is 0 Å². The van der Waals surface area contributed by atoms with Gasteiger partial charge in [-0.2, -0.15) is 0 Å². The summed E-state index contributed by atoms with van der Waals surface area (Å²) in [4.78, 5) is 0. The molecule has 1 rings (SSSR count). The molecule has 1 unspecified atom stereocenters. The number of aliphatic hydroxyl groups excluding tert-OH is 1. The molecular formula is C13H21NO. The van der Waals surface area contributed by atoms with Crippen LogP contribution in [-0.4, -0.2) is 18.3 Å². The summed E-state index contributed by atoms with van der Waals surface area (Å²) in [5.41, 5.74) is 2.41. The Morgan fingerprint density at radius 2 is 1.80 bits per heavy atom. The number of rotatable bonds is 5. The van der Waals surface area contributed by atoms with E-state index in [0.717, 1.165) is 12.1 Å². The van der Waals surface area contributed by atoms with Gasteiger partial charge < -0.3 is 10.4 Å². The molecule has 0 spiro atoms. The lowest BCUT2D eigenvalue weighted by atomic mass is 10.1. The summed E-state index contributed by atoms with van der Waals surface area (Å²) in [6, 6.07) is 8.37. The summed E-state index contributed by atoms with van der Waals surface area (Å²) >= 11 is 0. The first-order valence-electron chi connectivity index (χ1n) is 5.54. The second kappa shape index (κ2) is 5.89. The molecule has 0 aliphatic rings. The van der Waals surface area contributed by atoms with E-state index < -0.39 is 0 Å². The molecule has 2 N–H and O–H groups in total. The van der Waals surface area contributed by atoms with E-state index in [1.54, 1.807) is 0 Å². The molecule has 0 amide bonds. The number of aryl methyl sites for hydroxylation is 1. The van der Waals surface area contributed by atoms with Crippen LogP contribution in [-0.2, 0) is 0 Å². The Bertz CT molecular complexity index is 279. The van der Waals surface area contributed by atoms with Gasteiger partial charge in [0.2, 0.25) is 0 Å². The van der Waals surface area contributed by atoms with Gasteiger partial charge in [-0.1, -0.05) is 43.7 Å².